The summed E-state index contributed by atoms with van der Waals surface area (Å²) in [5, 5.41) is 0. The van der Waals surface area contributed by atoms with E-state index in [4.69, 9.17) is 0 Å². The SMILES string of the molecule is C[NH+](CC[NH3+])Cc1cccc[nH+]1.[Cl-].[Cl-].[Cl-]. The highest BCUT2D eigenvalue weighted by atomic mass is 35.5. The van der Waals surface area contributed by atoms with Gasteiger partial charge in [-0.05, 0) is 6.07 Å². The second-order valence-electron chi connectivity index (χ2n) is 3.13. The van der Waals surface area contributed by atoms with E-state index >= 15 is 0 Å². The quantitative estimate of drug-likeness (QED) is 0.548. The lowest BCUT2D eigenvalue weighted by molar-refractivity contribution is -0.903. The van der Waals surface area contributed by atoms with Crippen LogP contribution in [0.15, 0.2) is 24.4 Å². The molecule has 90 valence electrons. The van der Waals surface area contributed by atoms with Crippen LogP contribution in [0.4, 0.5) is 0 Å². The summed E-state index contributed by atoms with van der Waals surface area (Å²) in [6.45, 7) is 3.18. The lowest BCUT2D eigenvalue weighted by atomic mass is 10.3. The molecule has 0 saturated heterocycles. The number of hydrogen-bond donors (Lipinski definition) is 2. The highest BCUT2D eigenvalue weighted by Crippen LogP contribution is 1.83. The second-order valence-corrected chi connectivity index (χ2v) is 3.13. The zero-order chi connectivity index (χ0) is 8.81. The van der Waals surface area contributed by atoms with E-state index in [-0.39, 0.29) is 37.2 Å². The molecule has 3 nitrogen and oxygen atoms in total. The van der Waals surface area contributed by atoms with Gasteiger partial charge in [-0.1, -0.05) is 0 Å². The van der Waals surface area contributed by atoms with Crippen molar-refractivity contribution < 1.29 is 52.8 Å². The fourth-order valence-electron chi connectivity index (χ4n) is 1.26. The van der Waals surface area contributed by atoms with Crippen molar-refractivity contribution in [1.82, 2.24) is 0 Å². The second kappa shape index (κ2) is 12.0. The lowest BCUT2D eigenvalue weighted by Gasteiger charge is -2.07. The van der Waals surface area contributed by atoms with Crippen molar-refractivity contribution in [3.63, 3.8) is 0 Å². The van der Waals surface area contributed by atoms with Crippen molar-refractivity contribution in [2.45, 2.75) is 6.54 Å². The van der Waals surface area contributed by atoms with Crippen molar-refractivity contribution >= 4 is 0 Å². The van der Waals surface area contributed by atoms with Gasteiger partial charge in [0.25, 0.3) is 0 Å². The van der Waals surface area contributed by atoms with E-state index in [0.717, 1.165) is 19.6 Å². The van der Waals surface area contributed by atoms with Gasteiger partial charge in [-0.2, -0.15) is 0 Å². The summed E-state index contributed by atoms with van der Waals surface area (Å²) in [4.78, 5) is 4.71. The Bertz CT molecular complexity index is 221. The summed E-state index contributed by atoms with van der Waals surface area (Å²) in [7, 11) is 2.19. The van der Waals surface area contributed by atoms with E-state index in [2.05, 4.69) is 29.9 Å². The monoisotopic (exact) mass is 273 g/mol. The van der Waals surface area contributed by atoms with Gasteiger partial charge in [0.2, 0.25) is 5.69 Å². The Kier molecular flexibility index (Phi) is 16.3. The first-order chi connectivity index (χ1) is 5.83. The molecule has 0 aliphatic rings. The molecule has 0 aliphatic heterocycles. The van der Waals surface area contributed by atoms with Crippen LogP contribution in [0.5, 0.6) is 0 Å². The Balaban J connectivity index is -0.000000480. The molecule has 1 unspecified atom stereocenters. The van der Waals surface area contributed by atoms with Crippen LogP contribution in [0, 0.1) is 0 Å². The molecule has 0 radical (unpaired) electrons. The molecule has 0 bridgehead atoms. The normalized spacial score (nSPS) is 10.3. The molecule has 0 amide bonds. The first-order valence-electron chi connectivity index (χ1n) is 4.39. The van der Waals surface area contributed by atoms with Crippen molar-refractivity contribution in [2.75, 3.05) is 20.1 Å². The Morgan fingerprint density at radius 2 is 1.93 bits per heavy atom. The Hall–Kier alpha value is -0.0600. The molecule has 0 saturated carbocycles. The van der Waals surface area contributed by atoms with Gasteiger partial charge >= 0.3 is 0 Å². The molecule has 0 aliphatic carbocycles. The molecule has 1 aromatic heterocycles. The standard InChI is InChI=1S/C9H15N3.3ClH/c1-12(7-5-10)8-9-4-2-3-6-11-9;;;/h2-4,6H,5,7-8,10H2,1H3;3*1H. The maximum absolute atomic E-state index is 3.84. The van der Waals surface area contributed by atoms with E-state index in [1.165, 1.54) is 10.6 Å². The maximum Gasteiger partial charge on any atom is 0.234 e. The van der Waals surface area contributed by atoms with E-state index in [0.29, 0.717) is 0 Å². The van der Waals surface area contributed by atoms with Crippen LogP contribution in [-0.4, -0.2) is 20.1 Å². The molecule has 1 aromatic rings. The van der Waals surface area contributed by atoms with E-state index in [9.17, 15) is 0 Å². The third-order valence-electron chi connectivity index (χ3n) is 1.87. The summed E-state index contributed by atoms with van der Waals surface area (Å²) in [6, 6.07) is 6.18. The number of nitrogens with one attached hydrogen (secondary N) is 2. The predicted octanol–water partition coefficient (Wildman–Crippen LogP) is -11.2. The van der Waals surface area contributed by atoms with E-state index in [1.807, 2.05) is 12.3 Å². The number of quaternary nitrogens is 2. The Labute approximate surface area is 110 Å². The van der Waals surface area contributed by atoms with Gasteiger partial charge < -0.3 is 47.9 Å². The highest BCUT2D eigenvalue weighted by molar-refractivity contribution is 4.94. The van der Waals surface area contributed by atoms with Crippen LogP contribution < -0.4 is 52.8 Å². The molecule has 1 rings (SSSR count). The Morgan fingerprint density at radius 3 is 2.40 bits per heavy atom. The van der Waals surface area contributed by atoms with Gasteiger partial charge in [0.05, 0.1) is 7.05 Å². The number of likely N-dealkylation sites (N-methyl/N-ethyl adjacent to an activating group) is 1. The largest absolute Gasteiger partial charge is 1.00 e. The van der Waals surface area contributed by atoms with Crippen molar-refractivity contribution in [2.24, 2.45) is 0 Å². The molecular weight excluding hydrogens is 256 g/mol. The van der Waals surface area contributed by atoms with Crippen LogP contribution in [0.1, 0.15) is 5.69 Å². The third kappa shape index (κ3) is 8.90. The minimum absolute atomic E-state index is 0. The molecule has 1 atom stereocenters. The molecule has 5 N–H and O–H groups in total. The van der Waals surface area contributed by atoms with Crippen molar-refractivity contribution in [3.8, 4) is 0 Å². The van der Waals surface area contributed by atoms with Gasteiger partial charge in [0, 0.05) is 12.1 Å². The summed E-state index contributed by atoms with van der Waals surface area (Å²) in [5.41, 5.74) is 5.12. The topological polar surface area (TPSA) is 46.2 Å². The molecule has 1 heterocycles. The average Bonchev–Trinajstić information content (AvgIpc) is 2.06. The minimum Gasteiger partial charge on any atom is -1.00 e. The number of H-pyrrole nitrogens is 1. The van der Waals surface area contributed by atoms with Gasteiger partial charge in [0.1, 0.15) is 13.1 Å². The number of aromatic nitrogens is 1. The van der Waals surface area contributed by atoms with Gasteiger partial charge in [-0.3, -0.25) is 0 Å². The van der Waals surface area contributed by atoms with Gasteiger partial charge in [-0.15, -0.1) is 0 Å². The van der Waals surface area contributed by atoms with Crippen molar-refractivity contribution in [3.05, 3.63) is 30.1 Å². The average molecular weight is 275 g/mol. The zero-order valence-corrected chi connectivity index (χ0v) is 11.0. The highest BCUT2D eigenvalue weighted by Gasteiger charge is 2.06. The first kappa shape index (κ1) is 20.4. The summed E-state index contributed by atoms with van der Waals surface area (Å²) >= 11 is 0. The third-order valence-corrected chi connectivity index (χ3v) is 1.87. The Morgan fingerprint density at radius 1 is 1.27 bits per heavy atom. The maximum atomic E-state index is 3.84. The van der Waals surface area contributed by atoms with Crippen LogP contribution in [0.25, 0.3) is 0 Å². The smallest absolute Gasteiger partial charge is 0.234 e. The first-order valence-corrected chi connectivity index (χ1v) is 4.39. The number of rotatable bonds is 4. The fourth-order valence-corrected chi connectivity index (χ4v) is 1.26. The minimum atomic E-state index is 0. The molecular formula is C9H18Cl3N3. The molecule has 6 heteroatoms. The molecule has 15 heavy (non-hydrogen) atoms. The number of hydrogen-bond acceptors (Lipinski definition) is 0. The van der Waals surface area contributed by atoms with Crippen LogP contribution in [0.2, 0.25) is 0 Å². The molecule has 0 spiro atoms. The summed E-state index contributed by atoms with van der Waals surface area (Å²) in [5.74, 6) is 0. The van der Waals surface area contributed by atoms with Gasteiger partial charge in [-0.25, -0.2) is 4.98 Å². The number of pyridine rings is 1. The zero-order valence-electron chi connectivity index (χ0n) is 8.77. The number of halogens is 3. The van der Waals surface area contributed by atoms with E-state index < -0.39 is 0 Å². The van der Waals surface area contributed by atoms with Crippen molar-refractivity contribution in [1.29, 1.82) is 0 Å². The fraction of sp³-hybridized carbons (Fsp3) is 0.444. The van der Waals surface area contributed by atoms with Crippen LogP contribution in [0.3, 0.4) is 0 Å². The van der Waals surface area contributed by atoms with Crippen LogP contribution >= 0.6 is 0 Å². The lowest BCUT2D eigenvalue weighted by Crippen LogP contribution is -3.09. The summed E-state index contributed by atoms with van der Waals surface area (Å²) in [6.07, 6.45) is 1.97. The summed E-state index contributed by atoms with van der Waals surface area (Å²) < 4.78 is 0. The van der Waals surface area contributed by atoms with E-state index in [1.54, 1.807) is 0 Å². The molecule has 0 aromatic carbocycles. The van der Waals surface area contributed by atoms with Crippen LogP contribution in [-0.2, 0) is 6.54 Å². The van der Waals surface area contributed by atoms with Gasteiger partial charge in [0.15, 0.2) is 12.7 Å². The molecule has 0 fully saturated rings. The number of aromatic amines is 1. The predicted molar refractivity (Wildman–Crippen MR) is 46.2 cm³/mol.